The number of ether oxygens (including phenoxy) is 2. The highest BCUT2D eigenvalue weighted by molar-refractivity contribution is 6.05. The summed E-state index contributed by atoms with van der Waals surface area (Å²) in [7, 11) is 0. The van der Waals surface area contributed by atoms with Gasteiger partial charge in [-0.2, -0.15) is 0 Å². The van der Waals surface area contributed by atoms with E-state index >= 15 is 0 Å². The summed E-state index contributed by atoms with van der Waals surface area (Å²) in [6.45, 7) is 1.28. The van der Waals surface area contributed by atoms with Gasteiger partial charge in [0.25, 0.3) is 0 Å². The zero-order chi connectivity index (χ0) is 21.5. The lowest BCUT2D eigenvalue weighted by Gasteiger charge is -2.43. The van der Waals surface area contributed by atoms with Gasteiger partial charge in [0.05, 0.1) is 25.3 Å². The first-order valence-electron chi connectivity index (χ1n) is 11.0. The second kappa shape index (κ2) is 7.84. The molecule has 4 aromatic rings. The molecule has 1 fully saturated rings. The molecule has 0 saturated carbocycles. The molecular formula is C27H23NO4. The minimum Gasteiger partial charge on any atom is -0.456 e. The van der Waals surface area contributed by atoms with E-state index in [0.29, 0.717) is 13.2 Å². The molecule has 1 saturated heterocycles. The Hall–Kier alpha value is -3.57. The number of carbonyl (C=O) groups excluding carboxylic acids is 1. The third-order valence-corrected chi connectivity index (χ3v) is 6.36. The van der Waals surface area contributed by atoms with Crippen molar-refractivity contribution in [1.82, 2.24) is 4.90 Å². The lowest BCUT2D eigenvalue weighted by Crippen LogP contribution is -2.56. The number of furan rings is 1. The summed E-state index contributed by atoms with van der Waals surface area (Å²) < 4.78 is 17.4. The molecule has 160 valence electrons. The Kier molecular flexibility index (Phi) is 4.69. The molecule has 2 unspecified atom stereocenters. The summed E-state index contributed by atoms with van der Waals surface area (Å²) in [6.07, 6.45) is 2.61. The van der Waals surface area contributed by atoms with Crippen LogP contribution in [-0.4, -0.2) is 36.3 Å². The van der Waals surface area contributed by atoms with Gasteiger partial charge in [-0.25, -0.2) is 4.79 Å². The number of nitrogens with zero attached hydrogens (tertiary/aromatic N) is 1. The highest BCUT2D eigenvalue weighted by Crippen LogP contribution is 2.36. The van der Waals surface area contributed by atoms with Crippen LogP contribution in [0.3, 0.4) is 0 Å². The third kappa shape index (κ3) is 3.35. The largest absolute Gasteiger partial charge is 0.456 e. The number of morpholine rings is 1. The van der Waals surface area contributed by atoms with Crippen molar-refractivity contribution >= 4 is 33.6 Å². The maximum absolute atomic E-state index is 12.9. The molecular weight excluding hydrogens is 402 g/mol. The lowest BCUT2D eigenvalue weighted by atomic mass is 9.89. The summed E-state index contributed by atoms with van der Waals surface area (Å²) in [5.41, 5.74) is 5.17. The number of rotatable bonds is 3. The fraction of sp³-hybridized carbons (Fsp3) is 0.222. The van der Waals surface area contributed by atoms with Crippen molar-refractivity contribution in [3.05, 3.63) is 90.0 Å². The van der Waals surface area contributed by atoms with Gasteiger partial charge in [0, 0.05) is 10.8 Å². The first kappa shape index (κ1) is 19.1. The number of para-hydroxylation sites is 1. The molecule has 3 heterocycles. The SMILES string of the molecule is O=C(OCc1ccccc1)N1C2C=C(c3ccc4oc5ccccc5c4c3)CC1COC2. The molecule has 5 heteroatoms. The van der Waals surface area contributed by atoms with Gasteiger partial charge in [-0.3, -0.25) is 4.90 Å². The van der Waals surface area contributed by atoms with Gasteiger partial charge in [0.15, 0.2) is 0 Å². The van der Waals surface area contributed by atoms with Crippen molar-refractivity contribution in [3.63, 3.8) is 0 Å². The summed E-state index contributed by atoms with van der Waals surface area (Å²) in [5, 5.41) is 2.24. The molecule has 3 aromatic carbocycles. The first-order valence-corrected chi connectivity index (χ1v) is 11.0. The first-order chi connectivity index (χ1) is 15.8. The van der Waals surface area contributed by atoms with Gasteiger partial charge >= 0.3 is 6.09 Å². The van der Waals surface area contributed by atoms with E-state index in [1.165, 1.54) is 11.1 Å². The summed E-state index contributed by atoms with van der Waals surface area (Å²) in [6, 6.07) is 24.1. The monoisotopic (exact) mass is 425 g/mol. The van der Waals surface area contributed by atoms with Crippen molar-refractivity contribution < 1.29 is 18.7 Å². The van der Waals surface area contributed by atoms with E-state index in [1.54, 1.807) is 0 Å². The molecule has 0 spiro atoms. The number of amides is 1. The van der Waals surface area contributed by atoms with E-state index in [0.717, 1.165) is 33.9 Å². The van der Waals surface area contributed by atoms with E-state index in [9.17, 15) is 4.79 Å². The number of hydrogen-bond donors (Lipinski definition) is 0. The molecule has 1 amide bonds. The average molecular weight is 425 g/mol. The zero-order valence-electron chi connectivity index (χ0n) is 17.6. The molecule has 0 aliphatic carbocycles. The highest BCUT2D eigenvalue weighted by Gasteiger charge is 2.39. The second-order valence-electron chi connectivity index (χ2n) is 8.41. The van der Waals surface area contributed by atoms with Crippen LogP contribution in [0.4, 0.5) is 4.79 Å². The van der Waals surface area contributed by atoms with Gasteiger partial charge in [0.2, 0.25) is 0 Å². The van der Waals surface area contributed by atoms with E-state index in [4.69, 9.17) is 13.9 Å². The van der Waals surface area contributed by atoms with Crippen LogP contribution in [0.5, 0.6) is 0 Å². The lowest BCUT2D eigenvalue weighted by molar-refractivity contribution is -0.0342. The molecule has 2 atom stereocenters. The fourth-order valence-corrected chi connectivity index (χ4v) is 4.81. The molecule has 6 rings (SSSR count). The predicted molar refractivity (Wildman–Crippen MR) is 123 cm³/mol. The van der Waals surface area contributed by atoms with Crippen molar-refractivity contribution in [2.75, 3.05) is 13.2 Å². The molecule has 32 heavy (non-hydrogen) atoms. The Bertz CT molecular complexity index is 1320. The van der Waals surface area contributed by atoms with Crippen LogP contribution in [-0.2, 0) is 16.1 Å². The smallest absolute Gasteiger partial charge is 0.411 e. The summed E-state index contributed by atoms with van der Waals surface area (Å²) in [5.74, 6) is 0. The predicted octanol–water partition coefficient (Wildman–Crippen LogP) is 5.78. The normalized spacial score (nSPS) is 20.4. The fourth-order valence-electron chi connectivity index (χ4n) is 4.81. The standard InChI is InChI=1S/C27H23NO4/c29-27(31-15-18-6-2-1-3-7-18)28-21-12-20(13-22(28)17-30-16-21)19-10-11-26-24(14-19)23-8-4-5-9-25(23)32-26/h1-12,14,21-22H,13,15-17H2. The van der Waals surface area contributed by atoms with Crippen LogP contribution in [0.25, 0.3) is 27.5 Å². The molecule has 2 aliphatic heterocycles. The molecule has 0 N–H and O–H groups in total. The van der Waals surface area contributed by atoms with Gasteiger partial charge in [-0.05, 0) is 41.3 Å². The van der Waals surface area contributed by atoms with Crippen LogP contribution in [0.2, 0.25) is 0 Å². The topological polar surface area (TPSA) is 51.9 Å². The molecule has 5 nitrogen and oxygen atoms in total. The zero-order valence-corrected chi connectivity index (χ0v) is 17.6. The van der Waals surface area contributed by atoms with Crippen molar-refractivity contribution in [1.29, 1.82) is 0 Å². The number of fused-ring (bicyclic) bond motifs is 5. The van der Waals surface area contributed by atoms with Crippen molar-refractivity contribution in [3.8, 4) is 0 Å². The van der Waals surface area contributed by atoms with Crippen LogP contribution in [0.15, 0.2) is 83.3 Å². The van der Waals surface area contributed by atoms with Gasteiger partial charge in [-0.15, -0.1) is 0 Å². The third-order valence-electron chi connectivity index (χ3n) is 6.36. The number of carbonyl (C=O) groups is 1. The summed E-state index contributed by atoms with van der Waals surface area (Å²) in [4.78, 5) is 14.8. The minimum atomic E-state index is -0.279. The highest BCUT2D eigenvalue weighted by atomic mass is 16.6. The van der Waals surface area contributed by atoms with Gasteiger partial charge in [-0.1, -0.05) is 60.7 Å². The maximum Gasteiger partial charge on any atom is 0.411 e. The Labute approximate surface area is 185 Å². The maximum atomic E-state index is 12.9. The van der Waals surface area contributed by atoms with Crippen molar-refractivity contribution in [2.24, 2.45) is 0 Å². The van der Waals surface area contributed by atoms with E-state index in [2.05, 4.69) is 24.3 Å². The van der Waals surface area contributed by atoms with E-state index in [-0.39, 0.29) is 24.8 Å². The molecule has 2 bridgehead atoms. The number of benzene rings is 3. The van der Waals surface area contributed by atoms with E-state index in [1.807, 2.05) is 59.5 Å². The molecule has 2 aliphatic rings. The van der Waals surface area contributed by atoms with Crippen LogP contribution < -0.4 is 0 Å². The second-order valence-corrected chi connectivity index (χ2v) is 8.41. The quantitative estimate of drug-likeness (QED) is 0.418. The Morgan fingerprint density at radius 3 is 2.62 bits per heavy atom. The average Bonchev–Trinajstić information content (AvgIpc) is 3.20. The van der Waals surface area contributed by atoms with Crippen molar-refractivity contribution in [2.45, 2.75) is 25.1 Å². The van der Waals surface area contributed by atoms with E-state index < -0.39 is 0 Å². The van der Waals surface area contributed by atoms with Gasteiger partial charge < -0.3 is 13.9 Å². The Balaban J connectivity index is 1.27. The molecule has 0 radical (unpaired) electrons. The van der Waals surface area contributed by atoms with Gasteiger partial charge in [0.1, 0.15) is 17.8 Å². The van der Waals surface area contributed by atoms with Crippen LogP contribution in [0, 0.1) is 0 Å². The molecule has 1 aromatic heterocycles. The number of hydrogen-bond acceptors (Lipinski definition) is 4. The summed E-state index contributed by atoms with van der Waals surface area (Å²) >= 11 is 0. The van der Waals surface area contributed by atoms with Crippen LogP contribution >= 0.6 is 0 Å². The Morgan fingerprint density at radius 1 is 0.938 bits per heavy atom. The minimum absolute atomic E-state index is 0.0335. The Morgan fingerprint density at radius 2 is 1.75 bits per heavy atom. The van der Waals surface area contributed by atoms with Crippen LogP contribution in [0.1, 0.15) is 17.5 Å².